The van der Waals surface area contributed by atoms with Crippen molar-refractivity contribution in [3.05, 3.63) is 84.4 Å². The first-order valence-electron chi connectivity index (χ1n) is 11.6. The lowest BCUT2D eigenvalue weighted by Crippen LogP contribution is -2.46. The van der Waals surface area contributed by atoms with Gasteiger partial charge in [-0.15, -0.1) is 0 Å². The topological polar surface area (TPSA) is 95.8 Å². The van der Waals surface area contributed by atoms with Crippen molar-refractivity contribution in [2.24, 2.45) is 0 Å². The molecule has 0 saturated carbocycles. The van der Waals surface area contributed by atoms with Gasteiger partial charge in [0.2, 0.25) is 5.91 Å². The molecule has 0 spiro atoms. The molecule has 1 fully saturated rings. The summed E-state index contributed by atoms with van der Waals surface area (Å²) < 4.78 is 10.8. The van der Waals surface area contributed by atoms with Crippen LogP contribution < -0.4 is 9.64 Å². The van der Waals surface area contributed by atoms with E-state index in [1.165, 1.54) is 11.2 Å². The molecular formula is C27H25N3O5. The number of aromatic nitrogens is 1. The van der Waals surface area contributed by atoms with E-state index in [4.69, 9.17) is 9.15 Å². The number of para-hydroxylation sites is 1. The number of H-pyrrole nitrogens is 1. The summed E-state index contributed by atoms with van der Waals surface area (Å²) in [6.07, 6.45) is 3.75. The molecule has 0 radical (unpaired) electrons. The first-order valence-corrected chi connectivity index (χ1v) is 11.6. The van der Waals surface area contributed by atoms with Crippen LogP contribution in [0, 0.1) is 0 Å². The molecule has 4 aromatic rings. The molecule has 178 valence electrons. The normalized spacial score (nSPS) is 15.7. The van der Waals surface area contributed by atoms with E-state index < -0.39 is 17.9 Å². The van der Waals surface area contributed by atoms with Crippen molar-refractivity contribution in [1.29, 1.82) is 0 Å². The van der Waals surface area contributed by atoms with Gasteiger partial charge in [-0.05, 0) is 61.4 Å². The number of carbonyl (C=O) groups is 3. The van der Waals surface area contributed by atoms with E-state index in [2.05, 4.69) is 4.98 Å². The second-order valence-corrected chi connectivity index (χ2v) is 8.30. The fourth-order valence-electron chi connectivity index (χ4n) is 4.51. The van der Waals surface area contributed by atoms with Gasteiger partial charge in [0.05, 0.1) is 25.0 Å². The standard InChI is InChI=1S/C27H25N3O5/c1-2-34-20-11-9-19(10-12-20)30-25(31)16-23(26(30)32)29(27(33)24-8-5-15-35-24)14-13-18-17-28-22-7-4-3-6-21(18)22/h3-12,15,17,23,28H,2,13-14,16H2,1H3. The number of hydrogen-bond donors (Lipinski definition) is 1. The van der Waals surface area contributed by atoms with Crippen LogP contribution in [0.4, 0.5) is 5.69 Å². The molecule has 1 atom stereocenters. The number of ether oxygens (including phenoxy) is 1. The number of rotatable bonds is 8. The number of imide groups is 1. The van der Waals surface area contributed by atoms with Crippen molar-refractivity contribution < 1.29 is 23.5 Å². The van der Waals surface area contributed by atoms with Crippen molar-refractivity contribution in [3.8, 4) is 5.75 Å². The summed E-state index contributed by atoms with van der Waals surface area (Å²) in [5.74, 6) is -0.426. The van der Waals surface area contributed by atoms with Crippen LogP contribution in [0.15, 0.2) is 77.5 Å². The Morgan fingerprint density at radius 2 is 1.91 bits per heavy atom. The minimum Gasteiger partial charge on any atom is -0.494 e. The van der Waals surface area contributed by atoms with Crippen LogP contribution in [0.2, 0.25) is 0 Å². The molecule has 2 aromatic heterocycles. The average molecular weight is 472 g/mol. The van der Waals surface area contributed by atoms with Crippen molar-refractivity contribution in [2.45, 2.75) is 25.8 Å². The maximum atomic E-state index is 13.5. The molecule has 1 aliphatic heterocycles. The van der Waals surface area contributed by atoms with Crippen molar-refractivity contribution in [1.82, 2.24) is 9.88 Å². The summed E-state index contributed by atoms with van der Waals surface area (Å²) in [6.45, 7) is 2.65. The van der Waals surface area contributed by atoms with Crippen LogP contribution in [-0.4, -0.2) is 46.8 Å². The Bertz CT molecular complexity index is 1360. The van der Waals surface area contributed by atoms with Crippen LogP contribution in [0.25, 0.3) is 10.9 Å². The number of furan rings is 1. The van der Waals surface area contributed by atoms with Crippen LogP contribution in [0.5, 0.6) is 5.75 Å². The number of benzene rings is 2. The molecular weight excluding hydrogens is 446 g/mol. The van der Waals surface area contributed by atoms with Crippen LogP contribution in [0.3, 0.4) is 0 Å². The van der Waals surface area contributed by atoms with Crippen molar-refractivity contribution >= 4 is 34.3 Å². The van der Waals surface area contributed by atoms with E-state index in [0.717, 1.165) is 21.4 Å². The lowest BCUT2D eigenvalue weighted by Gasteiger charge is -2.27. The molecule has 2 aromatic carbocycles. The van der Waals surface area contributed by atoms with Gasteiger partial charge in [0.25, 0.3) is 11.8 Å². The van der Waals surface area contributed by atoms with E-state index in [1.54, 1.807) is 36.4 Å². The number of carbonyl (C=O) groups excluding carboxylic acids is 3. The van der Waals surface area contributed by atoms with E-state index in [0.29, 0.717) is 24.5 Å². The second kappa shape index (κ2) is 9.50. The monoisotopic (exact) mass is 471 g/mol. The summed E-state index contributed by atoms with van der Waals surface area (Å²) in [6, 6.07) is 17.0. The molecule has 8 heteroatoms. The van der Waals surface area contributed by atoms with Gasteiger partial charge < -0.3 is 19.0 Å². The number of hydrogen-bond acceptors (Lipinski definition) is 5. The van der Waals surface area contributed by atoms with Crippen LogP contribution in [-0.2, 0) is 16.0 Å². The summed E-state index contributed by atoms with van der Waals surface area (Å²) in [7, 11) is 0. The number of fused-ring (bicyclic) bond motifs is 1. The summed E-state index contributed by atoms with van der Waals surface area (Å²) in [5, 5.41) is 1.06. The minimum atomic E-state index is -0.920. The van der Waals surface area contributed by atoms with Gasteiger partial charge in [-0.3, -0.25) is 14.4 Å². The number of nitrogens with zero attached hydrogens (tertiary/aromatic N) is 2. The zero-order valence-corrected chi connectivity index (χ0v) is 19.3. The predicted octanol–water partition coefficient (Wildman–Crippen LogP) is 4.18. The number of aromatic amines is 1. The van der Waals surface area contributed by atoms with Gasteiger partial charge in [-0.25, -0.2) is 4.90 Å². The lowest BCUT2D eigenvalue weighted by atomic mass is 10.1. The molecule has 8 nitrogen and oxygen atoms in total. The van der Waals surface area contributed by atoms with Crippen LogP contribution in [0.1, 0.15) is 29.5 Å². The van der Waals surface area contributed by atoms with Gasteiger partial charge >= 0.3 is 0 Å². The number of nitrogens with one attached hydrogen (secondary N) is 1. The quantitative estimate of drug-likeness (QED) is 0.389. The predicted molar refractivity (Wildman–Crippen MR) is 130 cm³/mol. The van der Waals surface area contributed by atoms with E-state index in [1.807, 2.05) is 37.4 Å². The Kier molecular flexibility index (Phi) is 6.10. The highest BCUT2D eigenvalue weighted by atomic mass is 16.5. The second-order valence-electron chi connectivity index (χ2n) is 8.30. The molecule has 35 heavy (non-hydrogen) atoms. The smallest absolute Gasteiger partial charge is 0.290 e. The Labute approximate surface area is 202 Å². The molecule has 1 aliphatic rings. The Hall–Kier alpha value is -4.33. The van der Waals surface area contributed by atoms with Crippen LogP contribution >= 0.6 is 0 Å². The van der Waals surface area contributed by atoms with Gasteiger partial charge in [0.1, 0.15) is 11.8 Å². The third kappa shape index (κ3) is 4.30. The SMILES string of the molecule is CCOc1ccc(N2C(=O)CC(N(CCc3c[nH]c4ccccc34)C(=O)c3ccco3)C2=O)cc1. The Morgan fingerprint density at radius 1 is 1.11 bits per heavy atom. The molecule has 3 amide bonds. The maximum absolute atomic E-state index is 13.5. The van der Waals surface area contributed by atoms with Gasteiger partial charge in [-0.2, -0.15) is 0 Å². The third-order valence-corrected chi connectivity index (χ3v) is 6.19. The average Bonchev–Trinajstić information content (AvgIpc) is 3.60. The molecule has 1 N–H and O–H groups in total. The Balaban J connectivity index is 1.41. The summed E-state index contributed by atoms with van der Waals surface area (Å²) in [5.41, 5.74) is 2.48. The zero-order valence-electron chi connectivity index (χ0n) is 19.3. The summed E-state index contributed by atoms with van der Waals surface area (Å²) in [4.78, 5) is 45.6. The third-order valence-electron chi connectivity index (χ3n) is 6.19. The van der Waals surface area contributed by atoms with Gasteiger partial charge in [0, 0.05) is 23.6 Å². The minimum absolute atomic E-state index is 0.0909. The fraction of sp³-hybridized carbons (Fsp3) is 0.222. The molecule has 1 saturated heterocycles. The highest BCUT2D eigenvalue weighted by molar-refractivity contribution is 6.23. The summed E-state index contributed by atoms with van der Waals surface area (Å²) >= 11 is 0. The molecule has 3 heterocycles. The lowest BCUT2D eigenvalue weighted by molar-refractivity contribution is -0.122. The van der Waals surface area contributed by atoms with E-state index >= 15 is 0 Å². The van der Waals surface area contributed by atoms with Crippen molar-refractivity contribution in [2.75, 3.05) is 18.1 Å². The Morgan fingerprint density at radius 3 is 2.66 bits per heavy atom. The first-order chi connectivity index (χ1) is 17.1. The molecule has 5 rings (SSSR count). The van der Waals surface area contributed by atoms with Crippen molar-refractivity contribution in [3.63, 3.8) is 0 Å². The van der Waals surface area contributed by atoms with Gasteiger partial charge in [0.15, 0.2) is 5.76 Å². The number of anilines is 1. The molecule has 0 bridgehead atoms. The molecule has 1 unspecified atom stereocenters. The number of amides is 3. The first kappa shape index (κ1) is 22.5. The van der Waals surface area contributed by atoms with Gasteiger partial charge in [-0.1, -0.05) is 18.2 Å². The zero-order chi connectivity index (χ0) is 24.4. The highest BCUT2D eigenvalue weighted by Crippen LogP contribution is 2.29. The largest absolute Gasteiger partial charge is 0.494 e. The highest BCUT2D eigenvalue weighted by Gasteiger charge is 2.44. The fourth-order valence-corrected chi connectivity index (χ4v) is 4.51. The maximum Gasteiger partial charge on any atom is 0.290 e. The van der Waals surface area contributed by atoms with E-state index in [9.17, 15) is 14.4 Å². The van der Waals surface area contributed by atoms with E-state index in [-0.39, 0.29) is 24.6 Å². The molecule has 0 aliphatic carbocycles.